The predicted molar refractivity (Wildman–Crippen MR) is 86.5 cm³/mol. The number of carbonyl (C=O) groups is 2. The molecule has 6 nitrogen and oxygen atoms in total. The normalized spacial score (nSPS) is 11.4. The summed E-state index contributed by atoms with van der Waals surface area (Å²) >= 11 is 0. The molecule has 0 spiro atoms. The van der Waals surface area contributed by atoms with Gasteiger partial charge in [0.1, 0.15) is 5.75 Å². The molecule has 0 aliphatic rings. The molecule has 0 bridgehead atoms. The number of ether oxygens (including phenoxy) is 1. The molecule has 0 fully saturated rings. The summed E-state index contributed by atoms with van der Waals surface area (Å²) in [5.74, 6) is 4.93. The summed E-state index contributed by atoms with van der Waals surface area (Å²) in [7, 11) is 0. The molecule has 0 aliphatic heterocycles. The van der Waals surface area contributed by atoms with E-state index in [1.807, 2.05) is 35.8 Å². The fourth-order valence-electron chi connectivity index (χ4n) is 1.94. The number of nitrogens with two attached hydrogens (primary N) is 1. The van der Waals surface area contributed by atoms with Crippen LogP contribution >= 0.6 is 0 Å². The topological polar surface area (TPSA) is 93.4 Å². The molecule has 2 aromatic rings. The Kier molecular flexibility index (Phi) is 5.71. The summed E-state index contributed by atoms with van der Waals surface area (Å²) in [5, 5.41) is 2.84. The van der Waals surface area contributed by atoms with Crippen molar-refractivity contribution in [3.05, 3.63) is 65.7 Å². The Bertz CT molecular complexity index is 657. The van der Waals surface area contributed by atoms with Crippen LogP contribution in [0.4, 0.5) is 0 Å². The van der Waals surface area contributed by atoms with Crippen molar-refractivity contribution < 1.29 is 14.3 Å². The Balaban J connectivity index is 1.91. The second-order valence-corrected chi connectivity index (χ2v) is 4.96. The van der Waals surface area contributed by atoms with Crippen LogP contribution in [0, 0.1) is 0 Å². The highest BCUT2D eigenvalue weighted by Gasteiger charge is 2.13. The van der Waals surface area contributed by atoms with Gasteiger partial charge >= 0.3 is 0 Å². The van der Waals surface area contributed by atoms with Gasteiger partial charge in [0.05, 0.1) is 0 Å². The number of benzene rings is 2. The van der Waals surface area contributed by atoms with E-state index in [0.717, 1.165) is 5.56 Å². The number of carbonyl (C=O) groups excluding carboxylic acids is 2. The van der Waals surface area contributed by atoms with E-state index < -0.39 is 12.0 Å². The predicted octanol–water partition coefficient (Wildman–Crippen LogP) is 1.37. The third-order valence-corrected chi connectivity index (χ3v) is 3.24. The quantitative estimate of drug-likeness (QED) is 0.426. The zero-order chi connectivity index (χ0) is 16.7. The van der Waals surface area contributed by atoms with Gasteiger partial charge in [0, 0.05) is 12.1 Å². The minimum Gasteiger partial charge on any atom is -0.481 e. The highest BCUT2D eigenvalue weighted by Crippen LogP contribution is 2.14. The van der Waals surface area contributed by atoms with Crippen LogP contribution in [-0.4, -0.2) is 17.9 Å². The molecule has 2 amide bonds. The van der Waals surface area contributed by atoms with Crippen LogP contribution in [-0.2, 0) is 11.3 Å². The number of hydrogen-bond acceptors (Lipinski definition) is 4. The van der Waals surface area contributed by atoms with Crippen molar-refractivity contribution in [1.82, 2.24) is 10.7 Å². The van der Waals surface area contributed by atoms with Crippen molar-refractivity contribution >= 4 is 11.8 Å². The van der Waals surface area contributed by atoms with Crippen LogP contribution in [0.15, 0.2) is 54.6 Å². The molecule has 2 aromatic carbocycles. The molecule has 0 saturated heterocycles. The molecule has 0 heterocycles. The molecule has 0 unspecified atom stereocenters. The Morgan fingerprint density at radius 1 is 1.09 bits per heavy atom. The second-order valence-electron chi connectivity index (χ2n) is 4.96. The summed E-state index contributed by atoms with van der Waals surface area (Å²) in [6, 6.07) is 16.2. The zero-order valence-electron chi connectivity index (χ0n) is 12.8. The molecule has 0 aromatic heterocycles. The van der Waals surface area contributed by atoms with E-state index in [2.05, 4.69) is 5.32 Å². The van der Waals surface area contributed by atoms with Crippen molar-refractivity contribution in [3.8, 4) is 5.75 Å². The lowest BCUT2D eigenvalue weighted by atomic mass is 10.2. The van der Waals surface area contributed by atoms with E-state index in [0.29, 0.717) is 17.9 Å². The van der Waals surface area contributed by atoms with Gasteiger partial charge in [-0.1, -0.05) is 30.3 Å². The molecular weight excluding hydrogens is 294 g/mol. The maximum atomic E-state index is 12.1. The van der Waals surface area contributed by atoms with Crippen LogP contribution in [0.1, 0.15) is 22.8 Å². The lowest BCUT2D eigenvalue weighted by Crippen LogP contribution is -2.40. The van der Waals surface area contributed by atoms with Gasteiger partial charge in [-0.15, -0.1) is 0 Å². The smallest absolute Gasteiger partial charge is 0.274 e. The number of hydrazine groups is 1. The first-order chi connectivity index (χ1) is 11.1. The standard InChI is InChI=1S/C17H19N3O3/c1-12(16(21)20-18)23-15-9-7-14(8-10-15)17(22)19-11-13-5-3-2-4-6-13/h2-10,12H,11,18H2,1H3,(H,19,22)(H,20,21)/t12-/m0/s1. The Morgan fingerprint density at radius 3 is 2.35 bits per heavy atom. The maximum Gasteiger partial charge on any atom is 0.274 e. The van der Waals surface area contributed by atoms with Crippen LogP contribution in [0.25, 0.3) is 0 Å². The average molecular weight is 313 g/mol. The summed E-state index contributed by atoms with van der Waals surface area (Å²) in [5.41, 5.74) is 3.57. The molecule has 1 atom stereocenters. The molecule has 0 aliphatic carbocycles. The first-order valence-electron chi connectivity index (χ1n) is 7.19. The van der Waals surface area contributed by atoms with Gasteiger partial charge in [0.25, 0.3) is 11.8 Å². The number of rotatable bonds is 6. The Hall–Kier alpha value is -2.86. The van der Waals surface area contributed by atoms with Gasteiger partial charge in [-0.2, -0.15) is 0 Å². The number of nitrogens with one attached hydrogen (secondary N) is 2. The minimum atomic E-state index is -0.710. The first kappa shape index (κ1) is 16.5. The summed E-state index contributed by atoms with van der Waals surface area (Å²) < 4.78 is 5.41. The van der Waals surface area contributed by atoms with Crippen molar-refractivity contribution in [2.45, 2.75) is 19.6 Å². The summed E-state index contributed by atoms with van der Waals surface area (Å²) in [4.78, 5) is 23.4. The molecule has 6 heteroatoms. The van der Waals surface area contributed by atoms with Crippen molar-refractivity contribution in [2.24, 2.45) is 5.84 Å². The Morgan fingerprint density at radius 2 is 1.74 bits per heavy atom. The lowest BCUT2D eigenvalue weighted by Gasteiger charge is -2.13. The zero-order valence-corrected chi connectivity index (χ0v) is 12.8. The highest BCUT2D eigenvalue weighted by atomic mass is 16.5. The monoisotopic (exact) mass is 313 g/mol. The number of amides is 2. The van der Waals surface area contributed by atoms with E-state index in [4.69, 9.17) is 10.6 Å². The fourth-order valence-corrected chi connectivity index (χ4v) is 1.94. The van der Waals surface area contributed by atoms with Gasteiger partial charge in [-0.3, -0.25) is 15.0 Å². The first-order valence-corrected chi connectivity index (χ1v) is 7.19. The van der Waals surface area contributed by atoms with E-state index >= 15 is 0 Å². The molecule has 4 N–H and O–H groups in total. The van der Waals surface area contributed by atoms with Crippen LogP contribution in [0.3, 0.4) is 0 Å². The average Bonchev–Trinajstić information content (AvgIpc) is 2.60. The van der Waals surface area contributed by atoms with E-state index in [-0.39, 0.29) is 5.91 Å². The van der Waals surface area contributed by atoms with Crippen LogP contribution < -0.4 is 21.3 Å². The number of hydrogen-bond donors (Lipinski definition) is 3. The van der Waals surface area contributed by atoms with E-state index in [1.54, 1.807) is 31.2 Å². The minimum absolute atomic E-state index is 0.173. The summed E-state index contributed by atoms with van der Waals surface area (Å²) in [6.45, 7) is 2.05. The van der Waals surface area contributed by atoms with Crippen molar-refractivity contribution in [2.75, 3.05) is 0 Å². The van der Waals surface area contributed by atoms with Gasteiger partial charge in [0.2, 0.25) is 0 Å². The second kappa shape index (κ2) is 7.95. The molecule has 120 valence electrons. The van der Waals surface area contributed by atoms with Crippen LogP contribution in [0.5, 0.6) is 5.75 Å². The largest absolute Gasteiger partial charge is 0.481 e. The maximum absolute atomic E-state index is 12.1. The van der Waals surface area contributed by atoms with Crippen molar-refractivity contribution in [3.63, 3.8) is 0 Å². The van der Waals surface area contributed by atoms with Gasteiger partial charge in [-0.25, -0.2) is 5.84 Å². The van der Waals surface area contributed by atoms with Gasteiger partial charge < -0.3 is 10.1 Å². The lowest BCUT2D eigenvalue weighted by molar-refractivity contribution is -0.127. The summed E-state index contributed by atoms with van der Waals surface area (Å²) in [6.07, 6.45) is -0.710. The third-order valence-electron chi connectivity index (χ3n) is 3.24. The molecule has 0 radical (unpaired) electrons. The molecule has 0 saturated carbocycles. The third kappa shape index (κ3) is 4.82. The van der Waals surface area contributed by atoms with Crippen molar-refractivity contribution in [1.29, 1.82) is 0 Å². The van der Waals surface area contributed by atoms with Gasteiger partial charge in [0.15, 0.2) is 6.10 Å². The molecule has 23 heavy (non-hydrogen) atoms. The van der Waals surface area contributed by atoms with Crippen LogP contribution in [0.2, 0.25) is 0 Å². The highest BCUT2D eigenvalue weighted by molar-refractivity contribution is 5.94. The fraction of sp³-hybridized carbons (Fsp3) is 0.176. The van der Waals surface area contributed by atoms with E-state index in [9.17, 15) is 9.59 Å². The molecular formula is C17H19N3O3. The van der Waals surface area contributed by atoms with Gasteiger partial charge in [-0.05, 0) is 36.8 Å². The van der Waals surface area contributed by atoms with E-state index in [1.165, 1.54) is 0 Å². The molecule has 2 rings (SSSR count). The SMILES string of the molecule is C[C@H](Oc1ccc(C(=O)NCc2ccccc2)cc1)C(=O)NN. The Labute approximate surface area is 134 Å².